The van der Waals surface area contributed by atoms with Crippen LogP contribution in [0.5, 0.6) is 0 Å². The highest BCUT2D eigenvalue weighted by Gasteiger charge is 2.22. The van der Waals surface area contributed by atoms with Gasteiger partial charge in [0.1, 0.15) is 16.9 Å². The molecule has 0 saturated heterocycles. The van der Waals surface area contributed by atoms with Gasteiger partial charge in [-0.1, -0.05) is 24.8 Å². The first kappa shape index (κ1) is 17.4. The Morgan fingerprint density at radius 3 is 3.04 bits per heavy atom. The molecule has 25 heavy (non-hydrogen) atoms. The van der Waals surface area contributed by atoms with E-state index in [4.69, 9.17) is 4.98 Å². The van der Waals surface area contributed by atoms with E-state index >= 15 is 0 Å². The third-order valence-electron chi connectivity index (χ3n) is 4.29. The molecule has 2 aromatic rings. The van der Waals surface area contributed by atoms with Gasteiger partial charge in [0.15, 0.2) is 0 Å². The number of nitrogens with one attached hydrogen (secondary N) is 1. The van der Waals surface area contributed by atoms with Crippen LogP contribution >= 0.6 is 11.8 Å². The summed E-state index contributed by atoms with van der Waals surface area (Å²) in [7, 11) is 0. The van der Waals surface area contributed by atoms with Crippen molar-refractivity contribution in [1.29, 1.82) is 5.26 Å². The van der Waals surface area contributed by atoms with Crippen molar-refractivity contribution in [2.75, 3.05) is 5.32 Å². The zero-order valence-electron chi connectivity index (χ0n) is 14.3. The molecule has 128 valence electrons. The quantitative estimate of drug-likeness (QED) is 0.851. The molecule has 1 N–H and O–H groups in total. The summed E-state index contributed by atoms with van der Waals surface area (Å²) in [5.41, 5.74) is 2.79. The lowest BCUT2D eigenvalue weighted by Gasteiger charge is -2.22. The van der Waals surface area contributed by atoms with Crippen LogP contribution in [0.15, 0.2) is 35.5 Å². The molecule has 0 saturated carbocycles. The highest BCUT2D eigenvalue weighted by molar-refractivity contribution is 8.00. The molecule has 1 amide bonds. The Kier molecular flexibility index (Phi) is 5.34. The van der Waals surface area contributed by atoms with Gasteiger partial charge in [-0.2, -0.15) is 5.26 Å². The van der Waals surface area contributed by atoms with Gasteiger partial charge in [-0.05, 0) is 55.9 Å². The normalized spacial score (nSPS) is 17.2. The molecule has 0 aromatic carbocycles. The van der Waals surface area contributed by atoms with Crippen molar-refractivity contribution in [2.45, 2.75) is 43.4 Å². The Balaban J connectivity index is 1.75. The number of pyridine rings is 2. The first-order valence-corrected chi connectivity index (χ1v) is 9.26. The molecule has 0 radical (unpaired) electrons. The van der Waals surface area contributed by atoms with E-state index in [0.29, 0.717) is 22.3 Å². The third kappa shape index (κ3) is 4.18. The van der Waals surface area contributed by atoms with Crippen molar-refractivity contribution >= 4 is 23.5 Å². The second kappa shape index (κ2) is 7.66. The fourth-order valence-electron chi connectivity index (χ4n) is 2.88. The number of hydrogen-bond acceptors (Lipinski definition) is 5. The Labute approximate surface area is 151 Å². The number of rotatable bonds is 4. The molecular formula is C19H20N4OS. The number of nitriles is 1. The largest absolute Gasteiger partial charge is 0.310 e. The van der Waals surface area contributed by atoms with Crippen molar-refractivity contribution in [3.05, 3.63) is 47.3 Å². The predicted molar refractivity (Wildman–Crippen MR) is 98.3 cm³/mol. The number of aromatic nitrogens is 2. The van der Waals surface area contributed by atoms with Crippen LogP contribution in [0.3, 0.4) is 0 Å². The molecule has 2 atom stereocenters. The van der Waals surface area contributed by atoms with Gasteiger partial charge in [0, 0.05) is 11.9 Å². The number of hydrogen-bond donors (Lipinski definition) is 1. The summed E-state index contributed by atoms with van der Waals surface area (Å²) >= 11 is 1.32. The van der Waals surface area contributed by atoms with Gasteiger partial charge in [-0.15, -0.1) is 0 Å². The molecule has 1 aliphatic carbocycles. The summed E-state index contributed by atoms with van der Waals surface area (Å²) in [6, 6.07) is 9.54. The second-order valence-corrected chi connectivity index (χ2v) is 7.70. The monoisotopic (exact) mass is 352 g/mol. The minimum Gasteiger partial charge on any atom is -0.310 e. The van der Waals surface area contributed by atoms with Gasteiger partial charge in [0.25, 0.3) is 0 Å². The third-order valence-corrected chi connectivity index (χ3v) is 5.39. The van der Waals surface area contributed by atoms with E-state index in [9.17, 15) is 10.1 Å². The molecule has 0 spiro atoms. The minimum absolute atomic E-state index is 0.152. The highest BCUT2D eigenvalue weighted by atomic mass is 32.2. The smallest absolute Gasteiger partial charge is 0.238 e. The van der Waals surface area contributed by atoms with E-state index in [1.54, 1.807) is 18.3 Å². The van der Waals surface area contributed by atoms with Crippen LogP contribution in [0, 0.1) is 17.2 Å². The van der Waals surface area contributed by atoms with Crippen molar-refractivity contribution in [2.24, 2.45) is 5.92 Å². The molecule has 0 bridgehead atoms. The number of thioether (sulfide) groups is 1. The van der Waals surface area contributed by atoms with Crippen molar-refractivity contribution in [3.8, 4) is 6.07 Å². The van der Waals surface area contributed by atoms with Crippen LogP contribution in [0.25, 0.3) is 0 Å². The standard InChI is InChI=1S/C19H20N4OS/c1-12-6-7-16-14(9-12)10-15(11-20)19(22-16)25-13(2)18(24)23-17-5-3-4-8-21-17/h3-5,8,10,12-13H,6-7,9H2,1-2H3,(H,21,23,24). The van der Waals surface area contributed by atoms with Gasteiger partial charge >= 0.3 is 0 Å². The summed E-state index contributed by atoms with van der Waals surface area (Å²) < 4.78 is 0. The zero-order valence-corrected chi connectivity index (χ0v) is 15.1. The number of aryl methyl sites for hydroxylation is 1. The van der Waals surface area contributed by atoms with E-state index < -0.39 is 0 Å². The van der Waals surface area contributed by atoms with Crippen LogP contribution in [0.1, 0.15) is 37.1 Å². The highest BCUT2D eigenvalue weighted by Crippen LogP contribution is 2.31. The number of nitrogens with zero attached hydrogens (tertiary/aromatic N) is 3. The molecule has 1 aliphatic rings. The van der Waals surface area contributed by atoms with Crippen molar-refractivity contribution in [3.63, 3.8) is 0 Å². The van der Waals surface area contributed by atoms with E-state index in [2.05, 4.69) is 23.3 Å². The van der Waals surface area contributed by atoms with Crippen LogP contribution < -0.4 is 5.32 Å². The minimum atomic E-state index is -0.373. The Morgan fingerprint density at radius 2 is 2.32 bits per heavy atom. The van der Waals surface area contributed by atoms with E-state index in [1.807, 2.05) is 19.1 Å². The Bertz CT molecular complexity index is 816. The first-order chi connectivity index (χ1) is 12.1. The topological polar surface area (TPSA) is 78.7 Å². The van der Waals surface area contributed by atoms with Gasteiger partial charge < -0.3 is 5.32 Å². The number of amides is 1. The molecule has 2 heterocycles. The van der Waals surface area contributed by atoms with E-state index in [0.717, 1.165) is 25.0 Å². The lowest BCUT2D eigenvalue weighted by Crippen LogP contribution is -2.23. The lowest BCUT2D eigenvalue weighted by molar-refractivity contribution is -0.115. The Morgan fingerprint density at radius 1 is 1.48 bits per heavy atom. The van der Waals surface area contributed by atoms with Crippen LogP contribution in [0.4, 0.5) is 5.82 Å². The van der Waals surface area contributed by atoms with Crippen molar-refractivity contribution < 1.29 is 4.79 Å². The molecule has 0 aliphatic heterocycles. The molecule has 2 aromatic heterocycles. The molecule has 6 heteroatoms. The maximum absolute atomic E-state index is 12.4. The fraction of sp³-hybridized carbons (Fsp3) is 0.368. The van der Waals surface area contributed by atoms with E-state index in [1.165, 1.54) is 17.3 Å². The summed E-state index contributed by atoms with van der Waals surface area (Å²) in [6.45, 7) is 4.04. The number of carbonyl (C=O) groups excluding carboxylic acids is 1. The molecular weight excluding hydrogens is 332 g/mol. The second-order valence-electron chi connectivity index (χ2n) is 6.37. The average Bonchev–Trinajstić information content (AvgIpc) is 2.62. The van der Waals surface area contributed by atoms with Crippen LogP contribution in [0.2, 0.25) is 0 Å². The van der Waals surface area contributed by atoms with Crippen LogP contribution in [-0.2, 0) is 17.6 Å². The summed E-state index contributed by atoms with van der Waals surface area (Å²) in [5, 5.41) is 12.5. The van der Waals surface area contributed by atoms with Gasteiger partial charge in [0.2, 0.25) is 5.91 Å². The zero-order chi connectivity index (χ0) is 17.8. The van der Waals surface area contributed by atoms with Gasteiger partial charge in [0.05, 0.1) is 10.8 Å². The maximum atomic E-state index is 12.4. The van der Waals surface area contributed by atoms with Gasteiger partial charge in [-0.3, -0.25) is 4.79 Å². The summed E-state index contributed by atoms with van der Waals surface area (Å²) in [5.74, 6) is 0.996. The molecule has 5 nitrogen and oxygen atoms in total. The summed E-state index contributed by atoms with van der Waals surface area (Å²) in [4.78, 5) is 21.2. The molecule has 3 rings (SSSR count). The SMILES string of the molecule is CC1CCc2nc(SC(C)C(=O)Nc3ccccn3)c(C#N)cc2C1. The number of anilines is 1. The van der Waals surface area contributed by atoms with Crippen LogP contribution in [-0.4, -0.2) is 21.1 Å². The first-order valence-electron chi connectivity index (χ1n) is 8.38. The Hall–Kier alpha value is -2.39. The summed E-state index contributed by atoms with van der Waals surface area (Å²) in [6.07, 6.45) is 4.65. The lowest BCUT2D eigenvalue weighted by atomic mass is 9.87. The van der Waals surface area contributed by atoms with E-state index in [-0.39, 0.29) is 11.2 Å². The predicted octanol–water partition coefficient (Wildman–Crippen LogP) is 3.59. The fourth-order valence-corrected chi connectivity index (χ4v) is 3.78. The maximum Gasteiger partial charge on any atom is 0.238 e. The number of carbonyl (C=O) groups is 1. The number of fused-ring (bicyclic) bond motifs is 1. The average molecular weight is 352 g/mol. The van der Waals surface area contributed by atoms with Crippen molar-refractivity contribution in [1.82, 2.24) is 9.97 Å². The molecule has 2 unspecified atom stereocenters. The van der Waals surface area contributed by atoms with Gasteiger partial charge in [-0.25, -0.2) is 9.97 Å². The molecule has 0 fully saturated rings.